The first kappa shape index (κ1) is 63.5. The van der Waals surface area contributed by atoms with E-state index in [9.17, 15) is 19.4 Å². The van der Waals surface area contributed by atoms with Crippen molar-refractivity contribution in [2.45, 2.75) is 264 Å². The van der Waals surface area contributed by atoms with Gasteiger partial charge in [0.15, 0.2) is 0 Å². The fourth-order valence-corrected chi connectivity index (χ4v) is 8.67. The van der Waals surface area contributed by atoms with Crippen LogP contribution in [0.5, 0.6) is 0 Å². The Balaban J connectivity index is 4.28. The van der Waals surface area contributed by atoms with Crippen LogP contribution in [-0.4, -0.2) is 73.4 Å². The summed E-state index contributed by atoms with van der Waals surface area (Å²) in [6.07, 6.45) is 62.0. The SMILES string of the molecule is CCCCC/C=C\C/C=C\C/C=C\CCCCCCCCC(=O)NC(COP(=O)(O)OCC[N+](C)(C)C)C(O)/C=C/CCCCCCCCCCCCCCCCCCCCCCCC. The van der Waals surface area contributed by atoms with E-state index in [4.69, 9.17) is 9.05 Å². The molecule has 3 unspecified atom stereocenters. The van der Waals surface area contributed by atoms with Gasteiger partial charge in [-0.3, -0.25) is 13.8 Å². The molecule has 0 aromatic carbocycles. The van der Waals surface area contributed by atoms with Crippen molar-refractivity contribution in [3.8, 4) is 0 Å². The number of unbranched alkanes of at least 4 members (excludes halogenated alkanes) is 31. The van der Waals surface area contributed by atoms with Crippen LogP contribution in [0.2, 0.25) is 0 Å². The molecule has 0 saturated heterocycles. The molecule has 0 aromatic heterocycles. The molecule has 0 saturated carbocycles. The van der Waals surface area contributed by atoms with Crippen molar-refractivity contribution in [1.82, 2.24) is 5.32 Å². The van der Waals surface area contributed by atoms with Gasteiger partial charge in [0.05, 0.1) is 39.9 Å². The summed E-state index contributed by atoms with van der Waals surface area (Å²) in [7, 11) is 1.56. The highest BCUT2D eigenvalue weighted by Crippen LogP contribution is 2.43. The van der Waals surface area contributed by atoms with Gasteiger partial charge in [-0.1, -0.05) is 236 Å². The molecular weight excluding hydrogens is 828 g/mol. The van der Waals surface area contributed by atoms with E-state index in [1.807, 2.05) is 27.2 Å². The molecule has 0 spiro atoms. The number of amides is 1. The van der Waals surface area contributed by atoms with Crippen LogP contribution in [0.4, 0.5) is 0 Å². The average Bonchev–Trinajstić information content (AvgIpc) is 3.26. The smallest absolute Gasteiger partial charge is 0.387 e. The highest BCUT2D eigenvalue weighted by molar-refractivity contribution is 7.47. The minimum Gasteiger partial charge on any atom is -0.387 e. The molecule has 382 valence electrons. The van der Waals surface area contributed by atoms with Gasteiger partial charge in [-0.15, -0.1) is 0 Å². The fraction of sp³-hybridized carbons (Fsp3) is 0.839. The first-order chi connectivity index (χ1) is 31.5. The molecule has 0 bridgehead atoms. The van der Waals surface area contributed by atoms with Crippen LogP contribution >= 0.6 is 7.82 Å². The number of hydrogen-bond acceptors (Lipinski definition) is 5. The van der Waals surface area contributed by atoms with Crippen molar-refractivity contribution >= 4 is 13.7 Å². The van der Waals surface area contributed by atoms with E-state index in [0.29, 0.717) is 17.4 Å². The van der Waals surface area contributed by atoms with Crippen molar-refractivity contribution in [1.29, 1.82) is 0 Å². The second-order valence-electron chi connectivity index (χ2n) is 20.0. The summed E-state index contributed by atoms with van der Waals surface area (Å²) < 4.78 is 23.7. The zero-order valence-electron chi connectivity index (χ0n) is 43.5. The predicted molar refractivity (Wildman–Crippen MR) is 281 cm³/mol. The number of aliphatic hydroxyl groups is 1. The first-order valence-electron chi connectivity index (χ1n) is 27.5. The third kappa shape index (κ3) is 50.2. The molecule has 0 heterocycles. The third-order valence-corrected chi connectivity index (χ3v) is 13.3. The molecule has 3 N–H and O–H groups in total. The molecule has 3 atom stereocenters. The van der Waals surface area contributed by atoms with Crippen LogP contribution in [0, 0.1) is 0 Å². The van der Waals surface area contributed by atoms with E-state index in [1.165, 1.54) is 167 Å². The Morgan fingerprint density at radius 3 is 1.31 bits per heavy atom. The number of allylic oxidation sites excluding steroid dienone is 7. The first-order valence-corrected chi connectivity index (χ1v) is 29.0. The Kier molecular flexibility index (Phi) is 46.4. The lowest BCUT2D eigenvalue weighted by atomic mass is 10.0. The van der Waals surface area contributed by atoms with E-state index in [2.05, 4.69) is 55.6 Å². The van der Waals surface area contributed by atoms with Gasteiger partial charge in [0.1, 0.15) is 13.2 Å². The molecule has 0 radical (unpaired) electrons. The van der Waals surface area contributed by atoms with Gasteiger partial charge in [-0.05, 0) is 57.8 Å². The zero-order chi connectivity index (χ0) is 47.8. The Hall–Kier alpha value is -1.54. The van der Waals surface area contributed by atoms with Crippen LogP contribution in [0.25, 0.3) is 0 Å². The minimum atomic E-state index is -4.35. The van der Waals surface area contributed by atoms with Crippen molar-refractivity contribution in [3.63, 3.8) is 0 Å². The molecule has 0 aliphatic heterocycles. The van der Waals surface area contributed by atoms with E-state index in [0.717, 1.165) is 64.2 Å². The highest BCUT2D eigenvalue weighted by Gasteiger charge is 2.27. The Morgan fingerprint density at radius 2 is 0.877 bits per heavy atom. The molecule has 0 aromatic rings. The van der Waals surface area contributed by atoms with Crippen LogP contribution in [-0.2, 0) is 18.4 Å². The number of likely N-dealkylation sites (N-methyl/N-ethyl adjacent to an activating group) is 1. The average molecular weight is 936 g/mol. The molecule has 1 amide bonds. The van der Waals surface area contributed by atoms with Crippen LogP contribution in [0.15, 0.2) is 48.6 Å². The highest BCUT2D eigenvalue weighted by atomic mass is 31.2. The van der Waals surface area contributed by atoms with Crippen LogP contribution < -0.4 is 5.32 Å². The zero-order valence-corrected chi connectivity index (χ0v) is 44.4. The number of nitrogens with zero attached hydrogens (tertiary/aromatic N) is 1. The number of phosphoric ester groups is 1. The molecule has 9 heteroatoms. The number of nitrogens with one attached hydrogen (secondary N) is 1. The second kappa shape index (κ2) is 47.5. The molecule has 8 nitrogen and oxygen atoms in total. The number of carbonyl (C=O) groups excluding carboxylic acids is 1. The number of aliphatic hydroxyl groups excluding tert-OH is 1. The Labute approximate surface area is 403 Å². The summed E-state index contributed by atoms with van der Waals surface area (Å²) in [5.41, 5.74) is 0. The maximum absolute atomic E-state index is 12.9. The summed E-state index contributed by atoms with van der Waals surface area (Å²) in [6, 6.07) is -0.855. The number of quaternary nitrogens is 1. The van der Waals surface area contributed by atoms with Gasteiger partial charge in [-0.2, -0.15) is 0 Å². The monoisotopic (exact) mass is 936 g/mol. The topological polar surface area (TPSA) is 105 Å². The quantitative estimate of drug-likeness (QED) is 0.0243. The molecular formula is C56H108N2O6P+. The molecule has 65 heavy (non-hydrogen) atoms. The molecule has 0 fully saturated rings. The van der Waals surface area contributed by atoms with Gasteiger partial charge < -0.3 is 19.8 Å². The number of rotatable bonds is 50. The van der Waals surface area contributed by atoms with Crippen molar-refractivity contribution in [2.75, 3.05) is 40.9 Å². The van der Waals surface area contributed by atoms with Gasteiger partial charge in [0.25, 0.3) is 0 Å². The van der Waals surface area contributed by atoms with Gasteiger partial charge in [0.2, 0.25) is 5.91 Å². The van der Waals surface area contributed by atoms with Crippen molar-refractivity contribution in [3.05, 3.63) is 48.6 Å². The number of phosphoric acid groups is 1. The van der Waals surface area contributed by atoms with Gasteiger partial charge >= 0.3 is 7.82 Å². The largest absolute Gasteiger partial charge is 0.472 e. The number of carbonyl (C=O) groups is 1. The van der Waals surface area contributed by atoms with E-state index < -0.39 is 20.0 Å². The van der Waals surface area contributed by atoms with Gasteiger partial charge in [-0.25, -0.2) is 4.57 Å². The maximum atomic E-state index is 12.9. The lowest BCUT2D eigenvalue weighted by Crippen LogP contribution is -2.45. The lowest BCUT2D eigenvalue weighted by Gasteiger charge is -2.25. The molecule has 0 aliphatic carbocycles. The summed E-state index contributed by atoms with van der Waals surface area (Å²) in [5.74, 6) is -0.188. The minimum absolute atomic E-state index is 0.0577. The standard InChI is InChI=1S/C56H107N2O6P/c1-6-8-10-12-14-16-18-20-22-24-26-27-28-29-30-32-33-35-37-39-41-43-45-47-49-55(59)54(53-64-65(61,62)63-52-51-58(3,4)5)57-56(60)50-48-46-44-42-40-38-36-34-31-25-23-21-19-17-15-13-11-9-7-2/h15,17,21,23,31,34,47,49,54-55,59H,6-14,16,18-20,22,24-30,32-33,35-46,48,50-53H2,1-5H3,(H-,57,60,61,62)/p+1/b17-15-,23-21-,34-31-,49-47+. The van der Waals surface area contributed by atoms with E-state index in [1.54, 1.807) is 6.08 Å². The van der Waals surface area contributed by atoms with Crippen LogP contribution in [0.1, 0.15) is 251 Å². The van der Waals surface area contributed by atoms with Gasteiger partial charge in [0, 0.05) is 6.42 Å². The third-order valence-electron chi connectivity index (χ3n) is 12.3. The molecule has 0 rings (SSSR count). The fourth-order valence-electron chi connectivity index (χ4n) is 7.93. The Morgan fingerprint density at radius 1 is 0.523 bits per heavy atom. The maximum Gasteiger partial charge on any atom is 0.472 e. The summed E-state index contributed by atoms with van der Waals surface area (Å²) in [5, 5.41) is 13.9. The lowest BCUT2D eigenvalue weighted by molar-refractivity contribution is -0.870. The number of hydrogen-bond donors (Lipinski definition) is 3. The van der Waals surface area contributed by atoms with E-state index >= 15 is 0 Å². The van der Waals surface area contributed by atoms with Crippen molar-refractivity contribution < 1.29 is 32.9 Å². The summed E-state index contributed by atoms with van der Waals surface area (Å²) in [6.45, 7) is 4.80. The van der Waals surface area contributed by atoms with Crippen molar-refractivity contribution in [2.24, 2.45) is 0 Å². The molecule has 0 aliphatic rings. The summed E-state index contributed by atoms with van der Waals surface area (Å²) >= 11 is 0. The second-order valence-corrected chi connectivity index (χ2v) is 21.4. The van der Waals surface area contributed by atoms with E-state index in [-0.39, 0.29) is 19.1 Å². The summed E-state index contributed by atoms with van der Waals surface area (Å²) in [4.78, 5) is 23.3. The normalized spacial score (nSPS) is 14.4. The van der Waals surface area contributed by atoms with Crippen LogP contribution in [0.3, 0.4) is 0 Å². The Bertz CT molecular complexity index is 1200. The predicted octanol–water partition coefficient (Wildman–Crippen LogP) is 16.4.